The van der Waals surface area contributed by atoms with E-state index in [0.717, 1.165) is 36.2 Å². The Morgan fingerprint density at radius 1 is 1.19 bits per heavy atom. The zero-order chi connectivity index (χ0) is 14.8. The smallest absolute Gasteiger partial charge is 0.345 e. The van der Waals surface area contributed by atoms with Gasteiger partial charge in [-0.05, 0) is 42.5 Å². The lowest BCUT2D eigenvalue weighted by Crippen LogP contribution is -2.24. The van der Waals surface area contributed by atoms with Crippen LogP contribution < -0.4 is 5.32 Å². The SMILES string of the molecule is O=C(O)c1ccc(NC(=O)C2CCCc3ccccc32)s1. The molecule has 1 heterocycles. The number of carbonyl (C=O) groups excluding carboxylic acids is 1. The molecule has 1 unspecified atom stereocenters. The van der Waals surface area contributed by atoms with Gasteiger partial charge in [0.1, 0.15) is 4.88 Å². The summed E-state index contributed by atoms with van der Waals surface area (Å²) in [4.78, 5) is 23.6. The van der Waals surface area contributed by atoms with Gasteiger partial charge in [-0.1, -0.05) is 24.3 Å². The van der Waals surface area contributed by atoms with Crippen molar-refractivity contribution in [3.05, 3.63) is 52.4 Å². The van der Waals surface area contributed by atoms with Crippen LogP contribution in [0.4, 0.5) is 5.00 Å². The van der Waals surface area contributed by atoms with Crippen molar-refractivity contribution in [3.8, 4) is 0 Å². The van der Waals surface area contributed by atoms with Crippen LogP contribution in [0.3, 0.4) is 0 Å². The maximum atomic E-state index is 12.5. The van der Waals surface area contributed by atoms with Gasteiger partial charge in [-0.25, -0.2) is 4.79 Å². The highest BCUT2D eigenvalue weighted by Crippen LogP contribution is 2.33. The highest BCUT2D eigenvalue weighted by molar-refractivity contribution is 7.18. The summed E-state index contributed by atoms with van der Waals surface area (Å²) in [7, 11) is 0. The van der Waals surface area contributed by atoms with Gasteiger partial charge in [0.05, 0.1) is 10.9 Å². The number of aromatic carboxylic acids is 1. The average Bonchev–Trinajstić information content (AvgIpc) is 2.95. The first-order valence-corrected chi connectivity index (χ1v) is 7.68. The number of anilines is 1. The fourth-order valence-corrected chi connectivity index (χ4v) is 3.50. The Hall–Kier alpha value is -2.14. The van der Waals surface area contributed by atoms with Crippen molar-refractivity contribution in [3.63, 3.8) is 0 Å². The van der Waals surface area contributed by atoms with Crippen molar-refractivity contribution < 1.29 is 14.7 Å². The number of amides is 1. The number of nitrogens with one attached hydrogen (secondary N) is 1. The normalized spacial score (nSPS) is 17.0. The molecule has 108 valence electrons. The van der Waals surface area contributed by atoms with E-state index in [1.165, 1.54) is 11.6 Å². The van der Waals surface area contributed by atoms with Crippen LogP contribution in [0.1, 0.15) is 39.6 Å². The summed E-state index contributed by atoms with van der Waals surface area (Å²) >= 11 is 1.08. The lowest BCUT2D eigenvalue weighted by molar-refractivity contribution is -0.117. The predicted octanol–water partition coefficient (Wildman–Crippen LogP) is 3.50. The summed E-state index contributed by atoms with van der Waals surface area (Å²) in [5.41, 5.74) is 2.33. The van der Waals surface area contributed by atoms with Crippen LogP contribution in [0.2, 0.25) is 0 Å². The molecule has 1 aliphatic rings. The zero-order valence-electron chi connectivity index (χ0n) is 11.3. The zero-order valence-corrected chi connectivity index (χ0v) is 12.2. The average molecular weight is 301 g/mol. The van der Waals surface area contributed by atoms with Crippen LogP contribution in [0, 0.1) is 0 Å². The molecule has 21 heavy (non-hydrogen) atoms. The molecule has 0 saturated carbocycles. The van der Waals surface area contributed by atoms with Crippen LogP contribution in [0.15, 0.2) is 36.4 Å². The van der Waals surface area contributed by atoms with Crippen LogP contribution >= 0.6 is 11.3 Å². The minimum absolute atomic E-state index is 0.0547. The summed E-state index contributed by atoms with van der Waals surface area (Å²) < 4.78 is 0. The number of carboxylic acid groups (broad SMARTS) is 1. The molecular formula is C16H15NO3S. The third kappa shape index (κ3) is 2.83. The van der Waals surface area contributed by atoms with Crippen molar-refractivity contribution in [2.24, 2.45) is 0 Å². The number of aryl methyl sites for hydroxylation is 1. The number of carbonyl (C=O) groups is 2. The fraction of sp³-hybridized carbons (Fsp3) is 0.250. The molecule has 1 amide bonds. The van der Waals surface area contributed by atoms with E-state index >= 15 is 0 Å². The monoisotopic (exact) mass is 301 g/mol. The lowest BCUT2D eigenvalue weighted by Gasteiger charge is -2.24. The van der Waals surface area contributed by atoms with Gasteiger partial charge >= 0.3 is 5.97 Å². The summed E-state index contributed by atoms with van der Waals surface area (Å²) in [5.74, 6) is -1.17. The lowest BCUT2D eigenvalue weighted by atomic mass is 9.82. The van der Waals surface area contributed by atoms with Crippen molar-refractivity contribution in [1.29, 1.82) is 0 Å². The van der Waals surface area contributed by atoms with Gasteiger partial charge < -0.3 is 10.4 Å². The van der Waals surface area contributed by atoms with Crippen molar-refractivity contribution in [2.45, 2.75) is 25.2 Å². The van der Waals surface area contributed by atoms with Gasteiger partial charge in [-0.2, -0.15) is 0 Å². The summed E-state index contributed by atoms with van der Waals surface area (Å²) in [5, 5.41) is 12.3. The Labute approximate surface area is 126 Å². The van der Waals surface area contributed by atoms with Crippen LogP contribution in [0.25, 0.3) is 0 Å². The van der Waals surface area contributed by atoms with Crippen molar-refractivity contribution in [2.75, 3.05) is 5.32 Å². The Morgan fingerprint density at radius 2 is 2.00 bits per heavy atom. The summed E-state index contributed by atoms with van der Waals surface area (Å²) in [6.07, 6.45) is 2.85. The molecular weight excluding hydrogens is 286 g/mol. The van der Waals surface area contributed by atoms with E-state index in [1.54, 1.807) is 6.07 Å². The predicted molar refractivity (Wildman–Crippen MR) is 82.0 cm³/mol. The minimum Gasteiger partial charge on any atom is -0.477 e. The molecule has 1 aromatic heterocycles. The second kappa shape index (κ2) is 5.69. The molecule has 2 N–H and O–H groups in total. The van der Waals surface area contributed by atoms with Gasteiger partial charge in [0, 0.05) is 0 Å². The number of thiophene rings is 1. The highest BCUT2D eigenvalue weighted by Gasteiger charge is 2.26. The Morgan fingerprint density at radius 3 is 2.76 bits per heavy atom. The van der Waals surface area contributed by atoms with Crippen LogP contribution in [-0.4, -0.2) is 17.0 Å². The van der Waals surface area contributed by atoms with E-state index in [1.807, 2.05) is 18.2 Å². The molecule has 4 nitrogen and oxygen atoms in total. The third-order valence-corrected chi connectivity index (χ3v) is 4.74. The molecule has 5 heteroatoms. The van der Waals surface area contributed by atoms with Gasteiger partial charge in [0.15, 0.2) is 0 Å². The molecule has 0 aliphatic heterocycles. The number of fused-ring (bicyclic) bond motifs is 1. The van der Waals surface area contributed by atoms with Gasteiger partial charge in [-0.3, -0.25) is 4.79 Å². The number of benzene rings is 1. The summed E-state index contributed by atoms with van der Waals surface area (Å²) in [6.45, 7) is 0. The molecule has 1 atom stereocenters. The molecule has 0 spiro atoms. The molecule has 0 radical (unpaired) electrons. The maximum absolute atomic E-state index is 12.5. The van der Waals surface area contributed by atoms with Crippen LogP contribution in [0.5, 0.6) is 0 Å². The van der Waals surface area contributed by atoms with Gasteiger partial charge in [0.25, 0.3) is 0 Å². The number of hydrogen-bond donors (Lipinski definition) is 2. The Balaban J connectivity index is 1.78. The molecule has 0 bridgehead atoms. The molecule has 0 saturated heterocycles. The third-order valence-electron chi connectivity index (χ3n) is 3.75. The fourth-order valence-electron chi connectivity index (χ4n) is 2.75. The van der Waals surface area contributed by atoms with Crippen LogP contribution in [-0.2, 0) is 11.2 Å². The molecule has 0 fully saturated rings. The van der Waals surface area contributed by atoms with Gasteiger partial charge in [-0.15, -0.1) is 11.3 Å². The van der Waals surface area contributed by atoms with Crippen molar-refractivity contribution >= 4 is 28.2 Å². The Bertz CT molecular complexity index is 692. The van der Waals surface area contributed by atoms with Crippen molar-refractivity contribution in [1.82, 2.24) is 0 Å². The molecule has 1 aromatic carbocycles. The van der Waals surface area contributed by atoms with E-state index < -0.39 is 5.97 Å². The first-order chi connectivity index (χ1) is 10.1. The largest absolute Gasteiger partial charge is 0.477 e. The quantitative estimate of drug-likeness (QED) is 0.911. The molecule has 3 rings (SSSR count). The highest BCUT2D eigenvalue weighted by atomic mass is 32.1. The maximum Gasteiger partial charge on any atom is 0.345 e. The number of rotatable bonds is 3. The minimum atomic E-state index is -0.969. The second-order valence-corrected chi connectivity index (χ2v) is 6.19. The van der Waals surface area contributed by atoms with E-state index in [-0.39, 0.29) is 16.7 Å². The van der Waals surface area contributed by atoms with Gasteiger partial charge in [0.2, 0.25) is 5.91 Å². The number of carboxylic acids is 1. The molecule has 1 aliphatic carbocycles. The topological polar surface area (TPSA) is 66.4 Å². The standard InChI is InChI=1S/C16H15NO3S/c18-15(17-14-9-8-13(21-14)16(19)20)12-7-3-5-10-4-1-2-6-11(10)12/h1-2,4,6,8-9,12H,3,5,7H2,(H,17,18)(H,19,20). The Kier molecular flexibility index (Phi) is 3.75. The van der Waals surface area contributed by atoms with E-state index in [2.05, 4.69) is 11.4 Å². The number of hydrogen-bond acceptors (Lipinski definition) is 3. The first-order valence-electron chi connectivity index (χ1n) is 6.87. The first kappa shape index (κ1) is 13.8. The second-order valence-electron chi connectivity index (χ2n) is 5.10. The molecule has 2 aromatic rings. The van der Waals surface area contributed by atoms with E-state index in [4.69, 9.17) is 5.11 Å². The van der Waals surface area contributed by atoms with E-state index in [9.17, 15) is 9.59 Å². The van der Waals surface area contributed by atoms with E-state index in [0.29, 0.717) is 5.00 Å². The summed E-state index contributed by atoms with van der Waals surface area (Å²) in [6, 6.07) is 11.2.